The highest BCUT2D eigenvalue weighted by Gasteiger charge is 2.19. The Morgan fingerprint density at radius 1 is 0.871 bits per heavy atom. The lowest BCUT2D eigenvalue weighted by Gasteiger charge is -2.26. The molecule has 31 heavy (non-hydrogen) atoms. The lowest BCUT2D eigenvalue weighted by atomic mass is 10.0. The number of fused-ring (bicyclic) bond motifs is 3. The Morgan fingerprint density at radius 2 is 1.45 bits per heavy atom. The van der Waals surface area contributed by atoms with E-state index in [2.05, 4.69) is 53.0 Å². The maximum Gasteiger partial charge on any atom is 0.303 e. The van der Waals surface area contributed by atoms with Crippen LogP contribution in [-0.2, 0) is 4.79 Å². The summed E-state index contributed by atoms with van der Waals surface area (Å²) in [5.74, 6) is -0.666. The van der Waals surface area contributed by atoms with Crippen molar-refractivity contribution >= 4 is 28.6 Å². The van der Waals surface area contributed by atoms with Crippen molar-refractivity contribution in [2.75, 3.05) is 6.54 Å². The van der Waals surface area contributed by atoms with Gasteiger partial charge in [-0.25, -0.2) is 0 Å². The third-order valence-electron chi connectivity index (χ3n) is 6.34. The molecule has 0 amide bonds. The first kappa shape index (κ1) is 23.2. The molecule has 4 nitrogen and oxygen atoms in total. The van der Waals surface area contributed by atoms with Crippen LogP contribution in [0.25, 0.3) is 22.7 Å². The molecule has 1 aliphatic heterocycles. The number of para-hydroxylation sites is 1. The number of carboxylic acids is 1. The second-order valence-electron chi connectivity index (χ2n) is 8.80. The predicted octanol–water partition coefficient (Wildman–Crippen LogP) is 7.58. The molecular weight excluding hydrogens is 384 g/mol. The SMILES string of the molecule is C=C1c2[nH]c3ccccc3c2C=CN1CCCCCCCCCCCCCCC(=O)O. The standard InChI is InChI=1S/C27H38N2O2/c1-22-27-24(23-16-13-14-17-25(23)28-27)19-21-29(22)20-15-11-9-7-5-3-2-4-6-8-10-12-18-26(30)31/h13-14,16-17,19,21,28H,1-12,15,18,20H2,(H,30,31). The van der Waals surface area contributed by atoms with Crippen molar-refractivity contribution in [2.45, 2.75) is 83.5 Å². The van der Waals surface area contributed by atoms with Crippen molar-refractivity contribution in [1.29, 1.82) is 0 Å². The van der Waals surface area contributed by atoms with Gasteiger partial charge in [0.05, 0.1) is 11.4 Å². The quantitative estimate of drug-likeness (QED) is 0.291. The summed E-state index contributed by atoms with van der Waals surface area (Å²) in [6.07, 6.45) is 19.5. The van der Waals surface area contributed by atoms with Gasteiger partial charge >= 0.3 is 5.97 Å². The maximum absolute atomic E-state index is 10.5. The fourth-order valence-corrected chi connectivity index (χ4v) is 4.50. The number of unbranched alkanes of at least 4 members (excludes halogenated alkanes) is 11. The first-order valence-electron chi connectivity index (χ1n) is 12.1. The van der Waals surface area contributed by atoms with Crippen LogP contribution >= 0.6 is 0 Å². The zero-order chi connectivity index (χ0) is 21.9. The van der Waals surface area contributed by atoms with E-state index in [1.165, 1.54) is 80.7 Å². The molecule has 1 aromatic heterocycles. The Bertz CT molecular complexity index is 880. The van der Waals surface area contributed by atoms with E-state index in [1.807, 2.05) is 0 Å². The van der Waals surface area contributed by atoms with Crippen LogP contribution in [-0.4, -0.2) is 27.5 Å². The highest BCUT2D eigenvalue weighted by atomic mass is 16.4. The summed E-state index contributed by atoms with van der Waals surface area (Å²) in [5, 5.41) is 9.89. The molecule has 0 radical (unpaired) electrons. The molecule has 1 aliphatic rings. The van der Waals surface area contributed by atoms with Gasteiger partial charge in [-0.2, -0.15) is 0 Å². The highest BCUT2D eigenvalue weighted by Crippen LogP contribution is 2.33. The zero-order valence-corrected chi connectivity index (χ0v) is 18.9. The average molecular weight is 423 g/mol. The predicted molar refractivity (Wildman–Crippen MR) is 131 cm³/mol. The van der Waals surface area contributed by atoms with Crippen molar-refractivity contribution < 1.29 is 9.90 Å². The van der Waals surface area contributed by atoms with E-state index >= 15 is 0 Å². The smallest absolute Gasteiger partial charge is 0.303 e. The van der Waals surface area contributed by atoms with Crippen LogP contribution in [0.15, 0.2) is 37.0 Å². The van der Waals surface area contributed by atoms with E-state index in [0.29, 0.717) is 6.42 Å². The van der Waals surface area contributed by atoms with Gasteiger partial charge in [-0.15, -0.1) is 0 Å². The highest BCUT2D eigenvalue weighted by molar-refractivity contribution is 5.95. The molecule has 0 bridgehead atoms. The van der Waals surface area contributed by atoms with E-state index < -0.39 is 5.97 Å². The first-order chi connectivity index (χ1) is 15.2. The van der Waals surface area contributed by atoms with Crippen molar-refractivity contribution in [1.82, 2.24) is 9.88 Å². The summed E-state index contributed by atoms with van der Waals surface area (Å²) >= 11 is 0. The number of benzene rings is 1. The maximum atomic E-state index is 10.5. The second-order valence-corrected chi connectivity index (χ2v) is 8.80. The molecule has 2 heterocycles. The number of aromatic amines is 1. The molecular formula is C27H38N2O2. The average Bonchev–Trinajstić information content (AvgIpc) is 3.15. The van der Waals surface area contributed by atoms with Crippen LogP contribution in [0.2, 0.25) is 0 Å². The van der Waals surface area contributed by atoms with Crippen molar-refractivity contribution in [3.8, 4) is 0 Å². The van der Waals surface area contributed by atoms with Crippen molar-refractivity contribution in [3.05, 3.63) is 48.3 Å². The van der Waals surface area contributed by atoms with Gasteiger partial charge in [0.1, 0.15) is 0 Å². The molecule has 0 fully saturated rings. The fraction of sp³-hybridized carbons (Fsp3) is 0.519. The number of carbonyl (C=O) groups is 1. The number of aliphatic carboxylic acids is 1. The van der Waals surface area contributed by atoms with Gasteiger partial charge in [-0.05, 0) is 25.0 Å². The molecule has 2 N–H and O–H groups in total. The topological polar surface area (TPSA) is 56.3 Å². The molecule has 0 aliphatic carbocycles. The molecule has 0 saturated carbocycles. The molecule has 0 unspecified atom stereocenters. The van der Waals surface area contributed by atoms with Crippen LogP contribution in [0.3, 0.4) is 0 Å². The Kier molecular flexibility index (Phi) is 9.26. The number of aromatic nitrogens is 1. The van der Waals surface area contributed by atoms with Crippen LogP contribution in [0.1, 0.15) is 94.7 Å². The van der Waals surface area contributed by atoms with Gasteiger partial charge in [-0.1, -0.05) is 89.0 Å². The van der Waals surface area contributed by atoms with E-state index in [4.69, 9.17) is 5.11 Å². The third kappa shape index (κ3) is 7.02. The first-order valence-corrected chi connectivity index (χ1v) is 12.1. The minimum atomic E-state index is -0.666. The largest absolute Gasteiger partial charge is 0.481 e. The van der Waals surface area contributed by atoms with E-state index in [-0.39, 0.29) is 0 Å². The molecule has 0 atom stereocenters. The number of carboxylic acid groups (broad SMARTS) is 1. The molecule has 4 heteroatoms. The summed E-state index contributed by atoms with van der Waals surface area (Å²) in [5.41, 5.74) is 4.68. The zero-order valence-electron chi connectivity index (χ0n) is 18.9. The number of hydrogen-bond acceptors (Lipinski definition) is 2. The van der Waals surface area contributed by atoms with Crippen LogP contribution < -0.4 is 0 Å². The number of hydrogen-bond donors (Lipinski definition) is 2. The molecule has 2 aromatic rings. The Morgan fingerprint density at radius 3 is 2.10 bits per heavy atom. The van der Waals surface area contributed by atoms with Crippen molar-refractivity contribution in [3.63, 3.8) is 0 Å². The van der Waals surface area contributed by atoms with Gasteiger partial charge in [-0.3, -0.25) is 4.79 Å². The Hall–Kier alpha value is -2.49. The monoisotopic (exact) mass is 422 g/mol. The number of rotatable bonds is 15. The molecule has 3 rings (SSSR count). The normalized spacial score (nSPS) is 13.2. The fourth-order valence-electron chi connectivity index (χ4n) is 4.50. The summed E-state index contributed by atoms with van der Waals surface area (Å²) in [4.78, 5) is 16.3. The van der Waals surface area contributed by atoms with Gasteiger partial charge in [0.2, 0.25) is 0 Å². The van der Waals surface area contributed by atoms with Crippen LogP contribution in [0, 0.1) is 0 Å². The lowest BCUT2D eigenvalue weighted by Crippen LogP contribution is -2.19. The van der Waals surface area contributed by atoms with Crippen LogP contribution in [0.5, 0.6) is 0 Å². The molecule has 1 aromatic carbocycles. The number of nitrogens with one attached hydrogen (secondary N) is 1. The minimum absolute atomic E-state index is 0.326. The van der Waals surface area contributed by atoms with Gasteiger partial charge < -0.3 is 15.0 Å². The third-order valence-corrected chi connectivity index (χ3v) is 6.34. The van der Waals surface area contributed by atoms with Gasteiger partial charge in [0.25, 0.3) is 0 Å². The lowest BCUT2D eigenvalue weighted by molar-refractivity contribution is -0.137. The number of nitrogens with zero attached hydrogens (tertiary/aromatic N) is 1. The van der Waals surface area contributed by atoms with E-state index in [1.54, 1.807) is 0 Å². The summed E-state index contributed by atoms with van der Waals surface area (Å²) < 4.78 is 0. The van der Waals surface area contributed by atoms with E-state index in [0.717, 1.165) is 30.8 Å². The molecule has 0 saturated heterocycles. The van der Waals surface area contributed by atoms with Gasteiger partial charge in [0.15, 0.2) is 0 Å². The second kappa shape index (κ2) is 12.4. The van der Waals surface area contributed by atoms with Crippen LogP contribution in [0.4, 0.5) is 0 Å². The summed E-state index contributed by atoms with van der Waals surface area (Å²) in [6.45, 7) is 5.37. The summed E-state index contributed by atoms with van der Waals surface area (Å²) in [7, 11) is 0. The molecule has 168 valence electrons. The van der Waals surface area contributed by atoms with Gasteiger partial charge in [0, 0.05) is 35.6 Å². The molecule has 0 spiro atoms. The Labute approximate surface area is 187 Å². The van der Waals surface area contributed by atoms with E-state index in [9.17, 15) is 4.79 Å². The summed E-state index contributed by atoms with van der Waals surface area (Å²) in [6, 6.07) is 8.45. The minimum Gasteiger partial charge on any atom is -0.481 e. The number of H-pyrrole nitrogens is 1. The Balaban J connectivity index is 1.20. The van der Waals surface area contributed by atoms with Crippen molar-refractivity contribution in [2.24, 2.45) is 0 Å².